The number of aliphatic hydroxyl groups is 1. The lowest BCUT2D eigenvalue weighted by Crippen LogP contribution is -2.16. The number of aliphatic hydroxyl groups excluding tert-OH is 1. The summed E-state index contributed by atoms with van der Waals surface area (Å²) in [5.41, 5.74) is 1.79. The van der Waals surface area contributed by atoms with E-state index < -0.39 is 5.76 Å². The lowest BCUT2D eigenvalue weighted by molar-refractivity contribution is 0.282. The fourth-order valence-electron chi connectivity index (χ4n) is 1.69. The van der Waals surface area contributed by atoms with Crippen LogP contribution in [0.3, 0.4) is 0 Å². The van der Waals surface area contributed by atoms with Crippen LogP contribution in [-0.2, 0) is 19.6 Å². The molecule has 0 saturated heterocycles. The molecular weight excluding hydrogens is 232 g/mol. The van der Waals surface area contributed by atoms with Crippen molar-refractivity contribution in [2.45, 2.75) is 32.9 Å². The zero-order valence-electron chi connectivity index (χ0n) is 10.3. The molecule has 0 fully saturated rings. The van der Waals surface area contributed by atoms with Gasteiger partial charge in [0.15, 0.2) is 0 Å². The normalized spacial score (nSPS) is 10.8. The Hall–Kier alpha value is -1.88. The second kappa shape index (κ2) is 5.64. The first kappa shape index (κ1) is 12.6. The highest BCUT2D eigenvalue weighted by Crippen LogP contribution is 2.05. The van der Waals surface area contributed by atoms with E-state index in [-0.39, 0.29) is 6.61 Å². The summed E-state index contributed by atoms with van der Waals surface area (Å²) in [5, 5.41) is 13.1. The van der Waals surface area contributed by atoms with Gasteiger partial charge in [0.2, 0.25) is 5.89 Å². The first-order chi connectivity index (χ1) is 8.72. The van der Waals surface area contributed by atoms with Crippen LogP contribution in [0.15, 0.2) is 33.5 Å². The molecule has 0 aliphatic carbocycles. The molecule has 0 radical (unpaired) electrons. The summed E-state index contributed by atoms with van der Waals surface area (Å²) in [6.45, 7) is 2.41. The van der Waals surface area contributed by atoms with Crippen LogP contribution in [0.1, 0.15) is 30.4 Å². The van der Waals surface area contributed by atoms with Gasteiger partial charge in [-0.25, -0.2) is 4.79 Å². The third-order valence-corrected chi connectivity index (χ3v) is 2.65. The molecule has 2 rings (SSSR count). The van der Waals surface area contributed by atoms with Gasteiger partial charge in [0.25, 0.3) is 0 Å². The average molecular weight is 248 g/mol. The van der Waals surface area contributed by atoms with Gasteiger partial charge in [0.05, 0.1) is 13.2 Å². The van der Waals surface area contributed by atoms with E-state index in [1.165, 1.54) is 4.68 Å². The molecule has 1 aromatic heterocycles. The molecule has 0 saturated carbocycles. The van der Waals surface area contributed by atoms with E-state index in [9.17, 15) is 4.79 Å². The monoisotopic (exact) mass is 248 g/mol. The summed E-state index contributed by atoms with van der Waals surface area (Å²) in [6, 6.07) is 7.39. The maximum Gasteiger partial charge on any atom is 0.437 e. The molecular formula is C13H16N2O3. The van der Waals surface area contributed by atoms with Gasteiger partial charge in [0.1, 0.15) is 0 Å². The Labute approximate surface area is 105 Å². The zero-order valence-corrected chi connectivity index (χ0v) is 10.3. The van der Waals surface area contributed by atoms with E-state index >= 15 is 0 Å². The van der Waals surface area contributed by atoms with Crippen LogP contribution in [0.25, 0.3) is 0 Å². The van der Waals surface area contributed by atoms with Crippen molar-refractivity contribution >= 4 is 0 Å². The second-order valence-electron chi connectivity index (χ2n) is 4.14. The summed E-state index contributed by atoms with van der Waals surface area (Å²) in [4.78, 5) is 11.5. The molecule has 2 aromatic rings. The van der Waals surface area contributed by atoms with Crippen LogP contribution in [-0.4, -0.2) is 14.9 Å². The highest BCUT2D eigenvalue weighted by atomic mass is 16.4. The van der Waals surface area contributed by atoms with E-state index in [2.05, 4.69) is 5.10 Å². The maximum absolute atomic E-state index is 11.5. The molecule has 0 aliphatic heterocycles. The van der Waals surface area contributed by atoms with E-state index in [4.69, 9.17) is 9.52 Å². The van der Waals surface area contributed by atoms with Gasteiger partial charge in [-0.1, -0.05) is 31.2 Å². The molecule has 0 atom stereocenters. The lowest BCUT2D eigenvalue weighted by Gasteiger charge is -2.01. The summed E-state index contributed by atoms with van der Waals surface area (Å²) < 4.78 is 6.35. The summed E-state index contributed by atoms with van der Waals surface area (Å²) in [5.74, 6) is 0.0548. The number of hydrogen-bond donors (Lipinski definition) is 1. The quantitative estimate of drug-likeness (QED) is 0.866. The van der Waals surface area contributed by atoms with Crippen molar-refractivity contribution in [2.24, 2.45) is 0 Å². The van der Waals surface area contributed by atoms with E-state index in [1.807, 2.05) is 31.2 Å². The van der Waals surface area contributed by atoms with Crippen LogP contribution in [0.2, 0.25) is 0 Å². The summed E-state index contributed by atoms with van der Waals surface area (Å²) >= 11 is 0. The summed E-state index contributed by atoms with van der Waals surface area (Å²) in [7, 11) is 0. The first-order valence-corrected chi connectivity index (χ1v) is 5.98. The Balaban J connectivity index is 2.14. The van der Waals surface area contributed by atoms with Crippen molar-refractivity contribution in [1.82, 2.24) is 9.78 Å². The highest BCUT2D eigenvalue weighted by Gasteiger charge is 2.07. The minimum Gasteiger partial charge on any atom is -0.392 e. The van der Waals surface area contributed by atoms with E-state index in [0.29, 0.717) is 18.9 Å². The number of nitrogens with zero attached hydrogens (tertiary/aromatic N) is 2. The van der Waals surface area contributed by atoms with Gasteiger partial charge < -0.3 is 9.52 Å². The smallest absolute Gasteiger partial charge is 0.392 e. The molecule has 1 heterocycles. The van der Waals surface area contributed by atoms with Crippen LogP contribution in [0.5, 0.6) is 0 Å². The number of benzene rings is 1. The Morgan fingerprint density at radius 2 is 1.94 bits per heavy atom. The van der Waals surface area contributed by atoms with Gasteiger partial charge >= 0.3 is 5.76 Å². The first-order valence-electron chi connectivity index (χ1n) is 5.98. The lowest BCUT2D eigenvalue weighted by atomic mass is 10.1. The molecule has 0 bridgehead atoms. The maximum atomic E-state index is 11.5. The highest BCUT2D eigenvalue weighted by molar-refractivity contribution is 5.21. The minimum absolute atomic E-state index is 0.0187. The van der Waals surface area contributed by atoms with Crippen molar-refractivity contribution in [1.29, 1.82) is 0 Å². The Morgan fingerprint density at radius 3 is 2.56 bits per heavy atom. The summed E-state index contributed by atoms with van der Waals surface area (Å²) in [6.07, 6.45) is 1.57. The number of aromatic nitrogens is 2. The number of aryl methyl sites for hydroxylation is 1. The number of hydrogen-bond acceptors (Lipinski definition) is 4. The van der Waals surface area contributed by atoms with E-state index in [0.717, 1.165) is 17.5 Å². The molecule has 1 N–H and O–H groups in total. The van der Waals surface area contributed by atoms with Crippen LogP contribution in [0, 0.1) is 0 Å². The molecule has 1 aromatic carbocycles. The van der Waals surface area contributed by atoms with Gasteiger partial charge in [-0.2, -0.15) is 4.68 Å². The van der Waals surface area contributed by atoms with Crippen LogP contribution >= 0.6 is 0 Å². The van der Waals surface area contributed by atoms with Crippen molar-refractivity contribution in [3.05, 3.63) is 51.8 Å². The molecule has 5 nitrogen and oxygen atoms in total. The SMILES string of the molecule is CCCc1nn(Cc2ccc(CO)cc2)c(=O)o1. The molecule has 0 aliphatic rings. The third-order valence-electron chi connectivity index (χ3n) is 2.65. The fourth-order valence-corrected chi connectivity index (χ4v) is 1.69. The standard InChI is InChI=1S/C13H16N2O3/c1-2-3-12-14-15(13(17)18-12)8-10-4-6-11(9-16)7-5-10/h4-7,16H,2-3,8-9H2,1H3. The molecule has 96 valence electrons. The van der Waals surface area contributed by atoms with Crippen molar-refractivity contribution in [3.63, 3.8) is 0 Å². The average Bonchev–Trinajstić information content (AvgIpc) is 2.71. The Morgan fingerprint density at radius 1 is 1.28 bits per heavy atom. The fraction of sp³-hybridized carbons (Fsp3) is 0.385. The van der Waals surface area contributed by atoms with Gasteiger partial charge in [-0.05, 0) is 17.5 Å². The zero-order chi connectivity index (χ0) is 13.0. The topological polar surface area (TPSA) is 68.3 Å². The molecule has 5 heteroatoms. The third kappa shape index (κ3) is 2.87. The second-order valence-corrected chi connectivity index (χ2v) is 4.14. The molecule has 0 amide bonds. The van der Waals surface area contributed by atoms with Crippen LogP contribution in [0.4, 0.5) is 0 Å². The Bertz CT molecular complexity index is 554. The van der Waals surface area contributed by atoms with E-state index in [1.54, 1.807) is 0 Å². The minimum atomic E-state index is -0.426. The van der Waals surface area contributed by atoms with Gasteiger partial charge in [0, 0.05) is 6.42 Å². The predicted octanol–water partition coefficient (Wildman–Crippen LogP) is 1.33. The molecule has 0 spiro atoms. The van der Waals surface area contributed by atoms with Gasteiger partial charge in [-0.15, -0.1) is 5.10 Å². The van der Waals surface area contributed by atoms with Crippen molar-refractivity contribution < 1.29 is 9.52 Å². The van der Waals surface area contributed by atoms with Crippen molar-refractivity contribution in [3.8, 4) is 0 Å². The van der Waals surface area contributed by atoms with Gasteiger partial charge in [-0.3, -0.25) is 0 Å². The number of rotatable bonds is 5. The largest absolute Gasteiger partial charge is 0.437 e. The van der Waals surface area contributed by atoms with Crippen LogP contribution < -0.4 is 5.76 Å². The molecule has 18 heavy (non-hydrogen) atoms. The predicted molar refractivity (Wildman–Crippen MR) is 66.2 cm³/mol. The Kier molecular flexibility index (Phi) is 3.94. The van der Waals surface area contributed by atoms with Crippen molar-refractivity contribution in [2.75, 3.05) is 0 Å². The molecule has 0 unspecified atom stereocenters.